The van der Waals surface area contributed by atoms with Gasteiger partial charge in [0.2, 0.25) is 11.1 Å². The number of nitrogens with zero attached hydrogens (tertiary/aromatic N) is 4. The Kier molecular flexibility index (Phi) is 9.38. The second-order valence-corrected chi connectivity index (χ2v) is 18.6. The fourth-order valence-corrected chi connectivity index (χ4v) is 12.4. The predicted molar refractivity (Wildman–Crippen MR) is 176 cm³/mol. The molecule has 5 rings (SSSR count). The molecule has 44 heavy (non-hydrogen) atoms. The normalized spacial score (nSPS) is 14.0. The molecule has 0 saturated heterocycles. The van der Waals surface area contributed by atoms with Crippen LogP contribution in [-0.4, -0.2) is 47.3 Å². The Bertz CT molecular complexity index is 1790. The number of halogens is 3. The molecular weight excluding hydrogens is 618 g/mol. The van der Waals surface area contributed by atoms with Crippen LogP contribution in [0.4, 0.5) is 4.39 Å². The summed E-state index contributed by atoms with van der Waals surface area (Å²) in [5, 5.41) is 1.09. The number of carbonyl (C=O) groups excluding carboxylic acids is 1. The molecule has 0 aliphatic heterocycles. The van der Waals surface area contributed by atoms with Crippen molar-refractivity contribution in [3.05, 3.63) is 57.5 Å². The third-order valence-electron chi connectivity index (χ3n) is 9.02. The number of ether oxygens (including phenoxy) is 2. The molecule has 0 spiro atoms. The van der Waals surface area contributed by atoms with Gasteiger partial charge in [-0.2, -0.15) is 4.98 Å². The van der Waals surface area contributed by atoms with Crippen LogP contribution in [0.25, 0.3) is 21.9 Å². The molecule has 233 valence electrons. The number of methoxy groups -OCH3 is 1. The standard InChI is InChI=1S/C33H37Cl2FN4O3Si/c1-18(2)44(19(3)4,20(5)6)14-13-24-26(36)12-11-21-15-23(43-17-42-7)16-25(27(21)24)29(41)32-38-31-28(30(34)37-33(35)39-31)40(32)22-9-8-10-22/h11-12,15-16,18-20,22H,8-10,17H2,1-7H3/q-1. The summed E-state index contributed by atoms with van der Waals surface area (Å²) in [6.07, 6.45) is 2.70. The molecular formula is C33H37Cl2FN4O3Si-. The Morgan fingerprint density at radius 2 is 1.75 bits per heavy atom. The Labute approximate surface area is 268 Å². The number of ketones is 1. The van der Waals surface area contributed by atoms with E-state index < -0.39 is 19.7 Å². The molecule has 0 atom stereocenters. The molecule has 0 radical (unpaired) electrons. The SMILES string of the molecule is COCOc1cc(C(=O)c2nc3nc(Cl)nc(Cl)c3n2C2CCC2)c2c(C#C[Si-](C(C)C)(C(C)C)C(C)C)c(F)ccc2c1. The molecule has 1 aliphatic carbocycles. The highest BCUT2D eigenvalue weighted by Crippen LogP contribution is 2.42. The van der Waals surface area contributed by atoms with Crippen LogP contribution in [0.5, 0.6) is 5.75 Å². The van der Waals surface area contributed by atoms with Crippen LogP contribution in [0.15, 0.2) is 24.3 Å². The largest absolute Gasteiger partial charge is 0.468 e. The van der Waals surface area contributed by atoms with Gasteiger partial charge in [-0.15, -0.1) is 22.5 Å². The maximum Gasteiger partial charge on any atom is 0.229 e. The first-order valence-corrected chi connectivity index (χ1v) is 18.0. The van der Waals surface area contributed by atoms with Gasteiger partial charge < -0.3 is 14.0 Å². The fourth-order valence-electron chi connectivity index (χ4n) is 6.75. The number of benzene rings is 2. The minimum Gasteiger partial charge on any atom is -0.468 e. The lowest BCUT2D eigenvalue weighted by molar-refractivity contribution is 0.0511. The summed E-state index contributed by atoms with van der Waals surface area (Å²) < 4.78 is 28.6. The molecule has 4 aromatic rings. The van der Waals surface area contributed by atoms with E-state index in [-0.39, 0.29) is 45.9 Å². The fraction of sp³-hybridized carbons (Fsp3) is 0.455. The average molecular weight is 656 g/mol. The zero-order valence-corrected chi connectivity index (χ0v) is 28.6. The number of rotatable bonds is 9. The molecule has 0 bridgehead atoms. The maximum absolute atomic E-state index is 15.9. The second-order valence-electron chi connectivity index (χ2n) is 12.4. The van der Waals surface area contributed by atoms with Crippen LogP contribution in [0.3, 0.4) is 0 Å². The molecule has 7 nitrogen and oxygen atoms in total. The van der Waals surface area contributed by atoms with E-state index in [1.165, 1.54) is 13.2 Å². The van der Waals surface area contributed by atoms with E-state index in [4.69, 9.17) is 32.7 Å². The van der Waals surface area contributed by atoms with E-state index in [0.29, 0.717) is 38.7 Å². The van der Waals surface area contributed by atoms with Crippen molar-refractivity contribution in [1.29, 1.82) is 0 Å². The number of carbonyl (C=O) groups is 1. The van der Waals surface area contributed by atoms with Crippen molar-refractivity contribution in [3.8, 4) is 17.2 Å². The van der Waals surface area contributed by atoms with E-state index >= 15 is 4.39 Å². The molecule has 2 aromatic carbocycles. The molecule has 0 amide bonds. The predicted octanol–water partition coefficient (Wildman–Crippen LogP) is 8.93. The molecule has 1 saturated carbocycles. The monoisotopic (exact) mass is 654 g/mol. The van der Waals surface area contributed by atoms with Crippen LogP contribution in [-0.2, 0) is 4.74 Å². The minimum absolute atomic E-state index is 0.00819. The number of fused-ring (bicyclic) bond motifs is 2. The number of aromatic nitrogens is 4. The van der Waals surface area contributed by atoms with Gasteiger partial charge in [-0.1, -0.05) is 67.3 Å². The highest BCUT2D eigenvalue weighted by molar-refractivity contribution is 6.90. The number of imidazole rings is 1. The highest BCUT2D eigenvalue weighted by atomic mass is 35.5. The van der Waals surface area contributed by atoms with E-state index in [2.05, 4.69) is 68.0 Å². The van der Waals surface area contributed by atoms with Crippen molar-refractivity contribution in [1.82, 2.24) is 19.5 Å². The molecule has 1 aliphatic rings. The van der Waals surface area contributed by atoms with E-state index in [9.17, 15) is 4.79 Å². The summed E-state index contributed by atoms with van der Waals surface area (Å²) in [6, 6.07) is 6.40. The van der Waals surface area contributed by atoms with Gasteiger partial charge in [-0.25, -0.2) is 14.4 Å². The van der Waals surface area contributed by atoms with Gasteiger partial charge in [0.15, 0.2) is 23.4 Å². The van der Waals surface area contributed by atoms with Crippen LogP contribution in [0.1, 0.15) is 88.6 Å². The Morgan fingerprint density at radius 1 is 1.07 bits per heavy atom. The van der Waals surface area contributed by atoms with Crippen molar-refractivity contribution < 1.29 is 18.7 Å². The first kappa shape index (κ1) is 32.4. The van der Waals surface area contributed by atoms with E-state index in [1.807, 2.05) is 4.57 Å². The third kappa shape index (κ3) is 5.62. The smallest absolute Gasteiger partial charge is 0.229 e. The van der Waals surface area contributed by atoms with Gasteiger partial charge in [0, 0.05) is 24.1 Å². The van der Waals surface area contributed by atoms with Gasteiger partial charge in [-0.3, -0.25) is 10.3 Å². The van der Waals surface area contributed by atoms with Crippen LogP contribution in [0.2, 0.25) is 27.1 Å². The lowest BCUT2D eigenvalue weighted by Crippen LogP contribution is -2.43. The summed E-state index contributed by atoms with van der Waals surface area (Å²) in [5.74, 6) is 2.90. The molecule has 0 N–H and O–H groups in total. The van der Waals surface area contributed by atoms with Crippen LogP contribution < -0.4 is 4.74 Å². The molecule has 1 fully saturated rings. The third-order valence-corrected chi connectivity index (χ3v) is 15.7. The lowest BCUT2D eigenvalue weighted by Gasteiger charge is -2.50. The maximum atomic E-state index is 15.9. The van der Waals surface area contributed by atoms with Gasteiger partial charge in [0.05, 0.1) is 5.56 Å². The summed E-state index contributed by atoms with van der Waals surface area (Å²) in [5.41, 5.74) is 5.77. The van der Waals surface area contributed by atoms with Crippen molar-refractivity contribution in [2.45, 2.75) is 83.5 Å². The van der Waals surface area contributed by atoms with Crippen molar-refractivity contribution in [3.63, 3.8) is 0 Å². The van der Waals surface area contributed by atoms with E-state index in [0.717, 1.165) is 19.3 Å². The second kappa shape index (κ2) is 12.8. The Morgan fingerprint density at radius 3 is 2.34 bits per heavy atom. The molecule has 0 unspecified atom stereocenters. The summed E-state index contributed by atoms with van der Waals surface area (Å²) in [4.78, 5) is 27.6. The molecule has 2 aromatic heterocycles. The van der Waals surface area contributed by atoms with Crippen molar-refractivity contribution in [2.75, 3.05) is 13.9 Å². The minimum atomic E-state index is -2.23. The molecule has 11 heteroatoms. The van der Waals surface area contributed by atoms with Crippen LogP contribution in [0, 0.1) is 17.3 Å². The Balaban J connectivity index is 1.81. The first-order chi connectivity index (χ1) is 20.9. The van der Waals surface area contributed by atoms with Gasteiger partial charge >= 0.3 is 0 Å². The van der Waals surface area contributed by atoms with Gasteiger partial charge in [0.25, 0.3) is 0 Å². The number of hydrogen-bond donors (Lipinski definition) is 0. The summed E-state index contributed by atoms with van der Waals surface area (Å²) >= 11 is 12.6. The number of hydrogen-bond acceptors (Lipinski definition) is 6. The Hall–Kier alpha value is -3.03. The zero-order valence-electron chi connectivity index (χ0n) is 26.1. The highest BCUT2D eigenvalue weighted by Gasteiger charge is 2.32. The summed E-state index contributed by atoms with van der Waals surface area (Å²) in [7, 11) is -0.710. The average Bonchev–Trinajstić information content (AvgIpc) is 3.29. The lowest BCUT2D eigenvalue weighted by atomic mass is 9.91. The molecule has 2 heterocycles. The van der Waals surface area contributed by atoms with Crippen LogP contribution >= 0.6 is 23.2 Å². The van der Waals surface area contributed by atoms with Gasteiger partial charge in [-0.05, 0) is 54.4 Å². The van der Waals surface area contributed by atoms with Crippen molar-refractivity contribution >= 4 is 59.0 Å². The topological polar surface area (TPSA) is 79.1 Å². The van der Waals surface area contributed by atoms with E-state index in [1.54, 1.807) is 18.2 Å². The first-order valence-electron chi connectivity index (χ1n) is 15.0. The van der Waals surface area contributed by atoms with Crippen molar-refractivity contribution in [2.24, 2.45) is 0 Å². The van der Waals surface area contributed by atoms with Gasteiger partial charge in [0.1, 0.15) is 17.1 Å². The zero-order chi connectivity index (χ0) is 31.9. The quantitative estimate of drug-likeness (QED) is 0.0448. The summed E-state index contributed by atoms with van der Waals surface area (Å²) in [6.45, 7) is 13.2.